The minimum absolute atomic E-state index is 0.0132. The van der Waals surface area contributed by atoms with Crippen LogP contribution in [0.2, 0.25) is 0 Å². The van der Waals surface area contributed by atoms with Gasteiger partial charge < -0.3 is 9.84 Å². The molecule has 0 unspecified atom stereocenters. The van der Waals surface area contributed by atoms with Gasteiger partial charge in [-0.1, -0.05) is 0 Å². The number of rotatable bonds is 3. The lowest BCUT2D eigenvalue weighted by Gasteiger charge is -2.55. The number of hydrogen-bond acceptors (Lipinski definition) is 2. The summed E-state index contributed by atoms with van der Waals surface area (Å²) in [5.41, 5.74) is -0.0132. The second kappa shape index (κ2) is 3.51. The highest BCUT2D eigenvalue weighted by Gasteiger charge is 2.52. The fourth-order valence-electron chi connectivity index (χ4n) is 4.41. The molecule has 4 saturated carbocycles. The molecule has 0 saturated heterocycles. The number of aliphatic carboxylic acids is 1. The number of carbonyl (C=O) groups is 1. The Bertz CT molecular complexity index is 297. The molecule has 0 heterocycles. The smallest absolute Gasteiger partial charge is 0.331 e. The zero-order valence-electron chi connectivity index (χ0n) is 9.39. The van der Waals surface area contributed by atoms with Crippen LogP contribution in [0.15, 0.2) is 12.3 Å². The lowest BCUT2D eigenvalue weighted by molar-refractivity contribution is -0.135. The number of ether oxygens (including phenoxy) is 1. The SMILES string of the molecule is O=C(O)/C=C/OC12CC3CC(CC(C3)C1)C2. The third-order valence-electron chi connectivity index (χ3n) is 4.51. The van der Waals surface area contributed by atoms with Gasteiger partial charge in [-0.3, -0.25) is 0 Å². The maximum Gasteiger partial charge on any atom is 0.331 e. The Morgan fingerprint density at radius 3 is 2.06 bits per heavy atom. The summed E-state index contributed by atoms with van der Waals surface area (Å²) in [6.07, 6.45) is 10.1. The number of carboxylic acids is 1. The molecule has 4 aliphatic carbocycles. The van der Waals surface area contributed by atoms with E-state index < -0.39 is 5.97 Å². The summed E-state index contributed by atoms with van der Waals surface area (Å²) in [5, 5.41) is 8.56. The van der Waals surface area contributed by atoms with Crippen molar-refractivity contribution >= 4 is 5.97 Å². The molecule has 3 nitrogen and oxygen atoms in total. The van der Waals surface area contributed by atoms with Crippen molar-refractivity contribution in [2.24, 2.45) is 17.8 Å². The van der Waals surface area contributed by atoms with Gasteiger partial charge in [0.25, 0.3) is 0 Å². The number of hydrogen-bond donors (Lipinski definition) is 1. The Balaban J connectivity index is 1.71. The predicted octanol–water partition coefficient (Wildman–Crippen LogP) is 2.57. The van der Waals surface area contributed by atoms with Crippen LogP contribution >= 0.6 is 0 Å². The Hall–Kier alpha value is -0.990. The first kappa shape index (κ1) is 10.2. The van der Waals surface area contributed by atoms with E-state index in [-0.39, 0.29) is 5.60 Å². The second-order valence-electron chi connectivity index (χ2n) is 5.86. The van der Waals surface area contributed by atoms with Crippen LogP contribution in [0.5, 0.6) is 0 Å². The monoisotopic (exact) mass is 222 g/mol. The highest BCUT2D eigenvalue weighted by molar-refractivity contribution is 5.79. The molecular weight excluding hydrogens is 204 g/mol. The summed E-state index contributed by atoms with van der Waals surface area (Å²) in [6.45, 7) is 0. The lowest BCUT2D eigenvalue weighted by Crippen LogP contribution is -2.51. The third kappa shape index (κ3) is 1.72. The van der Waals surface area contributed by atoms with E-state index >= 15 is 0 Å². The maximum absolute atomic E-state index is 10.4. The summed E-state index contributed by atoms with van der Waals surface area (Å²) >= 11 is 0. The van der Waals surface area contributed by atoms with Crippen LogP contribution in [0.25, 0.3) is 0 Å². The molecule has 88 valence electrons. The van der Waals surface area contributed by atoms with Gasteiger partial charge in [0.2, 0.25) is 0 Å². The molecule has 0 aromatic rings. The standard InChI is InChI=1S/C13H18O3/c14-12(15)1-2-16-13-6-9-3-10(7-13)5-11(4-9)8-13/h1-2,9-11H,3-8H2,(H,14,15)/b2-1+. The molecule has 3 heteroatoms. The molecule has 0 aliphatic heterocycles. The first-order chi connectivity index (χ1) is 7.65. The van der Waals surface area contributed by atoms with Gasteiger partial charge in [0.15, 0.2) is 0 Å². The minimum Gasteiger partial charge on any atom is -0.495 e. The highest BCUT2D eigenvalue weighted by Crippen LogP contribution is 2.57. The van der Waals surface area contributed by atoms with Gasteiger partial charge >= 0.3 is 5.97 Å². The zero-order chi connectivity index (χ0) is 11.2. The lowest BCUT2D eigenvalue weighted by atomic mass is 9.54. The van der Waals surface area contributed by atoms with Crippen molar-refractivity contribution in [1.29, 1.82) is 0 Å². The Labute approximate surface area is 95.5 Å². The molecule has 4 fully saturated rings. The van der Waals surface area contributed by atoms with Crippen LogP contribution in [0.1, 0.15) is 38.5 Å². The van der Waals surface area contributed by atoms with Gasteiger partial charge in [-0.2, -0.15) is 0 Å². The van der Waals surface area contributed by atoms with Crippen molar-refractivity contribution in [2.45, 2.75) is 44.1 Å². The van der Waals surface area contributed by atoms with Crippen LogP contribution in [0, 0.1) is 17.8 Å². The van der Waals surface area contributed by atoms with Crippen molar-refractivity contribution in [3.05, 3.63) is 12.3 Å². The first-order valence-corrected chi connectivity index (χ1v) is 6.22. The van der Waals surface area contributed by atoms with E-state index in [0.717, 1.165) is 43.1 Å². The van der Waals surface area contributed by atoms with Crippen molar-refractivity contribution < 1.29 is 14.6 Å². The van der Waals surface area contributed by atoms with E-state index in [1.165, 1.54) is 25.5 Å². The minimum atomic E-state index is -0.926. The molecule has 0 aromatic heterocycles. The normalized spacial score (nSPS) is 45.1. The summed E-state index contributed by atoms with van der Waals surface area (Å²) < 4.78 is 5.79. The van der Waals surface area contributed by atoms with Crippen molar-refractivity contribution in [3.8, 4) is 0 Å². The largest absolute Gasteiger partial charge is 0.495 e. The molecule has 4 aliphatic rings. The molecule has 1 N–H and O–H groups in total. The van der Waals surface area contributed by atoms with E-state index in [4.69, 9.17) is 9.84 Å². The molecule has 0 spiro atoms. The van der Waals surface area contributed by atoms with Crippen LogP contribution in [-0.4, -0.2) is 16.7 Å². The van der Waals surface area contributed by atoms with Crippen LogP contribution in [0.3, 0.4) is 0 Å². The highest BCUT2D eigenvalue weighted by atomic mass is 16.5. The van der Waals surface area contributed by atoms with Crippen LogP contribution in [0.4, 0.5) is 0 Å². The van der Waals surface area contributed by atoms with E-state index in [9.17, 15) is 4.79 Å². The fraction of sp³-hybridized carbons (Fsp3) is 0.769. The summed E-state index contributed by atoms with van der Waals surface area (Å²) in [5.74, 6) is 1.59. The molecule has 16 heavy (non-hydrogen) atoms. The molecular formula is C13H18O3. The van der Waals surface area contributed by atoms with Gasteiger partial charge in [0.1, 0.15) is 5.60 Å². The van der Waals surface area contributed by atoms with Crippen molar-refractivity contribution in [2.75, 3.05) is 0 Å². The van der Waals surface area contributed by atoms with E-state index in [1.807, 2.05) is 0 Å². The molecule has 4 bridgehead atoms. The summed E-state index contributed by atoms with van der Waals surface area (Å²) in [6, 6.07) is 0. The van der Waals surface area contributed by atoms with Crippen LogP contribution < -0.4 is 0 Å². The average Bonchev–Trinajstić information content (AvgIpc) is 2.13. The van der Waals surface area contributed by atoms with E-state index in [2.05, 4.69) is 0 Å². The van der Waals surface area contributed by atoms with E-state index in [0.29, 0.717) is 0 Å². The van der Waals surface area contributed by atoms with Crippen LogP contribution in [-0.2, 0) is 9.53 Å². The van der Waals surface area contributed by atoms with Crippen molar-refractivity contribution in [3.63, 3.8) is 0 Å². The average molecular weight is 222 g/mol. The van der Waals surface area contributed by atoms with E-state index in [1.54, 1.807) is 0 Å². The number of carboxylic acid groups (broad SMARTS) is 1. The predicted molar refractivity (Wildman–Crippen MR) is 58.8 cm³/mol. The molecule has 4 rings (SSSR count). The third-order valence-corrected chi connectivity index (χ3v) is 4.51. The first-order valence-electron chi connectivity index (χ1n) is 6.22. The van der Waals surface area contributed by atoms with Gasteiger partial charge in [0, 0.05) is 0 Å². The molecule has 0 atom stereocenters. The second-order valence-corrected chi connectivity index (χ2v) is 5.86. The van der Waals surface area contributed by atoms with Gasteiger partial charge in [-0.25, -0.2) is 4.79 Å². The quantitative estimate of drug-likeness (QED) is 0.589. The zero-order valence-corrected chi connectivity index (χ0v) is 9.39. The van der Waals surface area contributed by atoms with Gasteiger partial charge in [-0.05, 0) is 56.3 Å². The Morgan fingerprint density at radius 1 is 1.12 bits per heavy atom. The fourth-order valence-corrected chi connectivity index (χ4v) is 4.41. The maximum atomic E-state index is 10.4. The topological polar surface area (TPSA) is 46.5 Å². The Kier molecular flexibility index (Phi) is 2.23. The summed E-state index contributed by atoms with van der Waals surface area (Å²) in [7, 11) is 0. The summed E-state index contributed by atoms with van der Waals surface area (Å²) in [4.78, 5) is 10.4. The molecule has 0 aromatic carbocycles. The Morgan fingerprint density at radius 2 is 1.62 bits per heavy atom. The molecule has 0 radical (unpaired) electrons. The van der Waals surface area contributed by atoms with Gasteiger partial charge in [-0.15, -0.1) is 0 Å². The van der Waals surface area contributed by atoms with Gasteiger partial charge in [0.05, 0.1) is 12.3 Å². The van der Waals surface area contributed by atoms with Crippen molar-refractivity contribution in [1.82, 2.24) is 0 Å². The molecule has 0 amide bonds.